The van der Waals surface area contributed by atoms with Gasteiger partial charge in [-0.05, 0) is 58.1 Å². The zero-order valence-corrected chi connectivity index (χ0v) is 30.8. The predicted octanol–water partition coefficient (Wildman–Crippen LogP) is 6.60. The lowest BCUT2D eigenvalue weighted by Gasteiger charge is -2.21. The van der Waals surface area contributed by atoms with Crippen LogP contribution in [-0.2, 0) is 49.9 Å². The summed E-state index contributed by atoms with van der Waals surface area (Å²) in [4.78, 5) is 50.0. The summed E-state index contributed by atoms with van der Waals surface area (Å²) in [6.07, 6.45) is -0.930. The van der Waals surface area contributed by atoms with Crippen LogP contribution in [0.25, 0.3) is 11.1 Å². The van der Waals surface area contributed by atoms with Crippen molar-refractivity contribution in [3.63, 3.8) is 0 Å². The van der Waals surface area contributed by atoms with Crippen LogP contribution in [0.1, 0.15) is 22.3 Å². The van der Waals surface area contributed by atoms with Crippen molar-refractivity contribution in [3.8, 4) is 16.9 Å². The van der Waals surface area contributed by atoms with Crippen LogP contribution in [-0.4, -0.2) is 56.8 Å². The van der Waals surface area contributed by atoms with Crippen LogP contribution in [0.2, 0.25) is 25.7 Å². The number of nitrogens with two attached hydrogens (primary N) is 1. The molecule has 0 radical (unpaired) electrons. The fraction of sp³-hybridized carbons (Fsp3) is 0.308. The van der Waals surface area contributed by atoms with Gasteiger partial charge in [-0.1, -0.05) is 86.4 Å². The van der Waals surface area contributed by atoms with E-state index in [1.54, 1.807) is 30.3 Å². The molecular weight excluding hydrogens is 683 g/mol. The van der Waals surface area contributed by atoms with E-state index in [1.165, 1.54) is 13.2 Å². The Morgan fingerprint density at radius 2 is 1.38 bits per heavy atom. The molecule has 3 N–H and O–H groups in total. The second-order valence-electron chi connectivity index (χ2n) is 13.5. The second-order valence-corrected chi connectivity index (χ2v) is 19.1. The standard InChI is InChI=1S/C39H45N3O9Si/c1-48-37(43)33(40)23-31-21-29(15-17-35(31)42(46)47)30-16-18-36(50-25-27-11-7-5-8-12-27)32(22-30)24-34(38(44)49-19-20-52(2,3)4)41-39(45)51-26-28-13-9-6-10-14-28/h5-18,21-22,33-34H,19-20,23-26,40H2,1-4H3,(H,41,45)/t33-,34-/m0/s1. The molecule has 0 bridgehead atoms. The molecule has 2 atom stereocenters. The fourth-order valence-corrected chi connectivity index (χ4v) is 5.97. The molecule has 0 aliphatic carbocycles. The molecule has 0 fully saturated rings. The number of hydrogen-bond donors (Lipinski definition) is 2. The molecule has 0 heterocycles. The number of carbonyl (C=O) groups excluding carboxylic acids is 3. The van der Waals surface area contributed by atoms with Gasteiger partial charge < -0.3 is 30.0 Å². The minimum Gasteiger partial charge on any atom is -0.489 e. The number of carbonyl (C=O) groups is 3. The summed E-state index contributed by atoms with van der Waals surface area (Å²) in [5.74, 6) is -0.856. The van der Waals surface area contributed by atoms with Crippen LogP contribution in [0.5, 0.6) is 5.75 Å². The van der Waals surface area contributed by atoms with Gasteiger partial charge in [0.25, 0.3) is 5.69 Å². The van der Waals surface area contributed by atoms with Crippen molar-refractivity contribution in [3.05, 3.63) is 129 Å². The summed E-state index contributed by atoms with van der Waals surface area (Å²) < 4.78 is 22.1. The Labute approximate surface area is 304 Å². The molecule has 0 saturated heterocycles. The smallest absolute Gasteiger partial charge is 0.408 e. The Morgan fingerprint density at radius 1 is 0.788 bits per heavy atom. The van der Waals surface area contributed by atoms with Crippen LogP contribution in [0, 0.1) is 10.1 Å². The number of benzene rings is 4. The zero-order chi connectivity index (χ0) is 37.7. The number of nitro groups is 1. The highest BCUT2D eigenvalue weighted by Crippen LogP contribution is 2.32. The van der Waals surface area contributed by atoms with Crippen molar-refractivity contribution in [2.45, 2.75) is 63.8 Å². The largest absolute Gasteiger partial charge is 0.489 e. The van der Waals surface area contributed by atoms with Gasteiger partial charge in [0.1, 0.15) is 31.0 Å². The highest BCUT2D eigenvalue weighted by molar-refractivity contribution is 6.76. The van der Waals surface area contributed by atoms with Gasteiger partial charge in [-0.25, -0.2) is 9.59 Å². The SMILES string of the molecule is COC(=O)[C@@H](N)Cc1cc(-c2ccc(OCc3ccccc3)c(C[C@H](NC(=O)OCc3ccccc3)C(=O)OCC[Si](C)(C)C)c2)ccc1[N+](=O)[O-]. The van der Waals surface area contributed by atoms with Crippen molar-refractivity contribution in [1.82, 2.24) is 5.32 Å². The number of nitro benzene ring substituents is 1. The zero-order valence-electron chi connectivity index (χ0n) is 29.8. The molecule has 1 amide bonds. The average molecular weight is 728 g/mol. The Bertz CT molecular complexity index is 1830. The molecule has 0 aliphatic rings. The molecule has 0 aromatic heterocycles. The maximum absolute atomic E-state index is 13.6. The number of alkyl carbamates (subject to hydrolysis) is 1. The van der Waals surface area contributed by atoms with Gasteiger partial charge in [0.2, 0.25) is 0 Å². The fourth-order valence-electron chi connectivity index (χ4n) is 5.25. The lowest BCUT2D eigenvalue weighted by atomic mass is 9.95. The lowest BCUT2D eigenvalue weighted by molar-refractivity contribution is -0.385. The van der Waals surface area contributed by atoms with E-state index >= 15 is 0 Å². The molecule has 52 heavy (non-hydrogen) atoms. The molecule has 0 saturated carbocycles. The number of rotatable bonds is 17. The van der Waals surface area contributed by atoms with Gasteiger partial charge in [0, 0.05) is 32.5 Å². The summed E-state index contributed by atoms with van der Waals surface area (Å²) in [7, 11) is -0.334. The third-order valence-corrected chi connectivity index (χ3v) is 9.86. The Balaban J connectivity index is 1.69. The summed E-state index contributed by atoms with van der Waals surface area (Å²) in [6.45, 7) is 6.97. The van der Waals surface area contributed by atoms with Crippen molar-refractivity contribution < 1.29 is 38.3 Å². The van der Waals surface area contributed by atoms with E-state index in [1.807, 2.05) is 60.7 Å². The van der Waals surface area contributed by atoms with Crippen molar-refractivity contribution in [2.24, 2.45) is 5.73 Å². The summed E-state index contributed by atoms with van der Waals surface area (Å²) in [5, 5.41) is 14.6. The third kappa shape index (κ3) is 12.1. The Hall–Kier alpha value is -5.53. The van der Waals surface area contributed by atoms with Crippen LogP contribution >= 0.6 is 0 Å². The van der Waals surface area contributed by atoms with Crippen LogP contribution < -0.4 is 15.8 Å². The first-order valence-electron chi connectivity index (χ1n) is 16.9. The number of nitrogens with one attached hydrogen (secondary N) is 1. The second kappa shape index (κ2) is 18.6. The lowest BCUT2D eigenvalue weighted by Crippen LogP contribution is -2.44. The molecule has 13 heteroatoms. The number of esters is 2. The monoisotopic (exact) mass is 727 g/mol. The van der Waals surface area contributed by atoms with Crippen molar-refractivity contribution >= 4 is 31.8 Å². The van der Waals surface area contributed by atoms with Gasteiger partial charge in [0.05, 0.1) is 18.6 Å². The molecule has 274 valence electrons. The van der Waals surface area contributed by atoms with Crippen LogP contribution in [0.4, 0.5) is 10.5 Å². The summed E-state index contributed by atoms with van der Waals surface area (Å²) in [6, 6.07) is 27.1. The van der Waals surface area contributed by atoms with Crippen molar-refractivity contribution in [2.75, 3.05) is 13.7 Å². The molecule has 0 unspecified atom stereocenters. The number of hydrogen-bond acceptors (Lipinski definition) is 10. The summed E-state index contributed by atoms with van der Waals surface area (Å²) in [5.41, 5.74) is 9.54. The summed E-state index contributed by atoms with van der Waals surface area (Å²) >= 11 is 0. The van der Waals surface area contributed by atoms with Gasteiger partial charge in [-0.15, -0.1) is 0 Å². The van der Waals surface area contributed by atoms with Gasteiger partial charge in [0.15, 0.2) is 0 Å². The van der Waals surface area contributed by atoms with E-state index in [9.17, 15) is 24.5 Å². The van der Waals surface area contributed by atoms with E-state index in [0.29, 0.717) is 22.4 Å². The van der Waals surface area contributed by atoms with Gasteiger partial charge in [-0.2, -0.15) is 0 Å². The Kier molecular flexibility index (Phi) is 14.1. The van der Waals surface area contributed by atoms with Crippen molar-refractivity contribution in [1.29, 1.82) is 0 Å². The molecule has 4 aromatic rings. The molecule has 0 spiro atoms. The number of ether oxygens (including phenoxy) is 4. The molecule has 12 nitrogen and oxygen atoms in total. The quantitative estimate of drug-likeness (QED) is 0.0397. The van der Waals surface area contributed by atoms with E-state index in [-0.39, 0.29) is 43.9 Å². The number of nitrogens with zero attached hydrogens (tertiary/aromatic N) is 1. The first-order valence-corrected chi connectivity index (χ1v) is 20.6. The van der Waals surface area contributed by atoms with Crippen LogP contribution in [0.15, 0.2) is 97.1 Å². The first kappa shape index (κ1) is 39.3. The van der Waals surface area contributed by atoms with E-state index in [0.717, 1.165) is 17.2 Å². The topological polar surface area (TPSA) is 169 Å². The minimum atomic E-state index is -1.53. The average Bonchev–Trinajstić information content (AvgIpc) is 3.12. The maximum atomic E-state index is 13.6. The minimum absolute atomic E-state index is 0.00704. The number of methoxy groups -OCH3 is 1. The van der Waals surface area contributed by atoms with E-state index in [2.05, 4.69) is 25.0 Å². The normalized spacial score (nSPS) is 12.2. The molecular formula is C39H45N3O9Si. The first-order chi connectivity index (χ1) is 24.8. The highest BCUT2D eigenvalue weighted by atomic mass is 28.3. The molecule has 4 rings (SSSR count). The van der Waals surface area contributed by atoms with E-state index in [4.69, 9.17) is 24.7 Å². The number of amides is 1. The van der Waals surface area contributed by atoms with E-state index < -0.39 is 43.1 Å². The molecule has 0 aliphatic heterocycles. The maximum Gasteiger partial charge on any atom is 0.408 e. The van der Waals surface area contributed by atoms with Gasteiger partial charge >= 0.3 is 18.0 Å². The molecule has 4 aromatic carbocycles. The third-order valence-electron chi connectivity index (χ3n) is 8.16. The Morgan fingerprint density at radius 3 is 1.98 bits per heavy atom. The predicted molar refractivity (Wildman–Crippen MR) is 199 cm³/mol. The van der Waals surface area contributed by atoms with Gasteiger partial charge in [-0.3, -0.25) is 14.9 Å². The van der Waals surface area contributed by atoms with Crippen LogP contribution in [0.3, 0.4) is 0 Å². The highest BCUT2D eigenvalue weighted by Gasteiger charge is 2.27.